The van der Waals surface area contributed by atoms with Crippen molar-refractivity contribution in [3.63, 3.8) is 0 Å². The molecule has 0 aliphatic rings. The van der Waals surface area contributed by atoms with Gasteiger partial charge in [0.2, 0.25) is 5.91 Å². The van der Waals surface area contributed by atoms with E-state index in [1.54, 1.807) is 25.2 Å². The van der Waals surface area contributed by atoms with E-state index in [0.717, 1.165) is 17.5 Å². The van der Waals surface area contributed by atoms with E-state index in [2.05, 4.69) is 10.6 Å². The van der Waals surface area contributed by atoms with Crippen molar-refractivity contribution >= 4 is 23.5 Å². The molecule has 2 rings (SSSR count). The van der Waals surface area contributed by atoms with Gasteiger partial charge < -0.3 is 26.5 Å². The van der Waals surface area contributed by atoms with Crippen molar-refractivity contribution < 1.29 is 9.53 Å². The second-order valence-corrected chi connectivity index (χ2v) is 5.93. The molecule has 0 heterocycles. The van der Waals surface area contributed by atoms with Crippen LogP contribution in [0.4, 0.5) is 11.4 Å². The molecule has 0 aromatic heterocycles. The molecule has 132 valence electrons. The first-order chi connectivity index (χ1) is 11.9. The lowest BCUT2D eigenvalue weighted by Crippen LogP contribution is -2.30. The number of nitrogens with one attached hydrogen (secondary N) is 3. The molecule has 6 heteroatoms. The molecule has 1 unspecified atom stereocenters. The number of amides is 1. The molecule has 0 bridgehead atoms. The highest BCUT2D eigenvalue weighted by atomic mass is 16.5. The van der Waals surface area contributed by atoms with E-state index in [-0.39, 0.29) is 12.0 Å². The summed E-state index contributed by atoms with van der Waals surface area (Å²) in [6.45, 7) is 3.93. The Morgan fingerprint density at radius 2 is 1.88 bits per heavy atom. The van der Waals surface area contributed by atoms with Gasteiger partial charge >= 0.3 is 0 Å². The molecule has 5 N–H and O–H groups in total. The van der Waals surface area contributed by atoms with Gasteiger partial charge in [-0.25, -0.2) is 0 Å². The maximum atomic E-state index is 12.6. The van der Waals surface area contributed by atoms with Crippen molar-refractivity contribution in [2.75, 3.05) is 18.1 Å². The fourth-order valence-corrected chi connectivity index (χ4v) is 2.45. The van der Waals surface area contributed by atoms with Crippen molar-refractivity contribution in [3.05, 3.63) is 53.6 Å². The average Bonchev–Trinajstić information content (AvgIpc) is 2.58. The Labute approximate surface area is 147 Å². The molecule has 0 fully saturated rings. The van der Waals surface area contributed by atoms with Crippen LogP contribution >= 0.6 is 0 Å². The number of anilines is 2. The van der Waals surface area contributed by atoms with Gasteiger partial charge in [0.1, 0.15) is 11.8 Å². The van der Waals surface area contributed by atoms with Crippen LogP contribution in [0.25, 0.3) is 0 Å². The average molecular weight is 340 g/mol. The molecule has 2 aromatic rings. The molecule has 1 atom stereocenters. The van der Waals surface area contributed by atoms with Gasteiger partial charge in [-0.3, -0.25) is 4.79 Å². The minimum absolute atomic E-state index is 0.0998. The first kappa shape index (κ1) is 18.5. The molecule has 0 saturated carbocycles. The van der Waals surface area contributed by atoms with Crippen molar-refractivity contribution in [3.8, 4) is 5.75 Å². The predicted octanol–water partition coefficient (Wildman–Crippen LogP) is 2.95. The zero-order chi connectivity index (χ0) is 18.4. The number of nitrogens with two attached hydrogens (primary N) is 1. The van der Waals surface area contributed by atoms with Crippen LogP contribution in [-0.4, -0.2) is 25.3 Å². The fraction of sp³-hybridized carbons (Fsp3) is 0.263. The minimum Gasteiger partial charge on any atom is -0.491 e. The molecule has 0 spiro atoms. The SMILES string of the molecule is CNC(C(=O)Nc1ccc(N)c(C=N)c1)c1ccc(OC(C)C)cc1. The zero-order valence-corrected chi connectivity index (χ0v) is 14.7. The van der Waals surface area contributed by atoms with E-state index in [1.807, 2.05) is 38.1 Å². The summed E-state index contributed by atoms with van der Waals surface area (Å²) < 4.78 is 5.62. The number of hydrogen-bond donors (Lipinski definition) is 4. The Balaban J connectivity index is 2.14. The highest BCUT2D eigenvalue weighted by molar-refractivity contribution is 5.97. The molecule has 1 amide bonds. The van der Waals surface area contributed by atoms with Gasteiger partial charge in [0.05, 0.1) is 6.10 Å². The highest BCUT2D eigenvalue weighted by Gasteiger charge is 2.19. The zero-order valence-electron chi connectivity index (χ0n) is 14.7. The van der Waals surface area contributed by atoms with Crippen molar-refractivity contribution in [2.45, 2.75) is 26.0 Å². The molecule has 0 aliphatic carbocycles. The van der Waals surface area contributed by atoms with Crippen molar-refractivity contribution in [1.82, 2.24) is 5.32 Å². The number of carbonyl (C=O) groups excluding carboxylic acids is 1. The first-order valence-electron chi connectivity index (χ1n) is 8.09. The smallest absolute Gasteiger partial charge is 0.246 e. The van der Waals surface area contributed by atoms with Crippen LogP contribution in [0.2, 0.25) is 0 Å². The number of nitrogen functional groups attached to an aromatic ring is 1. The summed E-state index contributed by atoms with van der Waals surface area (Å²) in [6.07, 6.45) is 1.26. The van der Waals surface area contributed by atoms with E-state index in [0.29, 0.717) is 16.9 Å². The number of likely N-dealkylation sites (N-methyl/N-ethyl adjacent to an activating group) is 1. The fourth-order valence-electron chi connectivity index (χ4n) is 2.45. The number of carbonyl (C=O) groups is 1. The maximum absolute atomic E-state index is 12.6. The lowest BCUT2D eigenvalue weighted by Gasteiger charge is -2.18. The molecule has 0 radical (unpaired) electrons. The van der Waals surface area contributed by atoms with Crippen LogP contribution in [0, 0.1) is 5.41 Å². The monoisotopic (exact) mass is 340 g/mol. The third kappa shape index (κ3) is 4.81. The van der Waals surface area contributed by atoms with Crippen LogP contribution < -0.4 is 21.1 Å². The topological polar surface area (TPSA) is 100 Å². The molecule has 6 nitrogen and oxygen atoms in total. The summed E-state index contributed by atoms with van der Waals surface area (Å²) in [5, 5.41) is 13.2. The Kier molecular flexibility index (Phi) is 6.14. The summed E-state index contributed by atoms with van der Waals surface area (Å²) in [6, 6.07) is 12.0. The van der Waals surface area contributed by atoms with Crippen LogP contribution in [0.5, 0.6) is 5.75 Å². The number of benzene rings is 2. The second-order valence-electron chi connectivity index (χ2n) is 5.93. The standard InChI is InChI=1S/C19H24N4O2/c1-12(2)25-16-7-4-13(5-8-16)18(22-3)19(24)23-15-6-9-17(21)14(10-15)11-20/h4-12,18,20,22H,21H2,1-3H3,(H,23,24). The summed E-state index contributed by atoms with van der Waals surface area (Å²) >= 11 is 0. The maximum Gasteiger partial charge on any atom is 0.246 e. The number of hydrogen-bond acceptors (Lipinski definition) is 5. The third-order valence-corrected chi connectivity index (χ3v) is 3.65. The lowest BCUT2D eigenvalue weighted by molar-refractivity contribution is -0.118. The number of rotatable bonds is 7. The van der Waals surface area contributed by atoms with Crippen LogP contribution in [0.15, 0.2) is 42.5 Å². The van der Waals surface area contributed by atoms with Gasteiger partial charge in [0.25, 0.3) is 0 Å². The van der Waals surface area contributed by atoms with E-state index in [9.17, 15) is 4.79 Å². The van der Waals surface area contributed by atoms with Gasteiger partial charge in [-0.05, 0) is 56.8 Å². The lowest BCUT2D eigenvalue weighted by atomic mass is 10.1. The van der Waals surface area contributed by atoms with Crippen molar-refractivity contribution in [1.29, 1.82) is 5.41 Å². The predicted molar refractivity (Wildman–Crippen MR) is 101 cm³/mol. The number of ether oxygens (including phenoxy) is 1. The van der Waals surface area contributed by atoms with Gasteiger partial charge in [-0.1, -0.05) is 12.1 Å². The summed E-state index contributed by atoms with van der Waals surface area (Å²) in [4.78, 5) is 12.6. The highest BCUT2D eigenvalue weighted by Crippen LogP contribution is 2.21. The van der Waals surface area contributed by atoms with E-state index in [4.69, 9.17) is 15.9 Å². The quantitative estimate of drug-likeness (QED) is 0.460. The van der Waals surface area contributed by atoms with Crippen LogP contribution in [-0.2, 0) is 4.79 Å². The van der Waals surface area contributed by atoms with Gasteiger partial charge in [0, 0.05) is 23.2 Å². The largest absolute Gasteiger partial charge is 0.491 e. The third-order valence-electron chi connectivity index (χ3n) is 3.65. The van der Waals surface area contributed by atoms with Gasteiger partial charge in [0.15, 0.2) is 0 Å². The minimum atomic E-state index is -0.505. The molecule has 25 heavy (non-hydrogen) atoms. The van der Waals surface area contributed by atoms with Gasteiger partial charge in [-0.15, -0.1) is 0 Å². The first-order valence-corrected chi connectivity index (χ1v) is 8.09. The summed E-state index contributed by atoms with van der Waals surface area (Å²) in [7, 11) is 1.73. The van der Waals surface area contributed by atoms with E-state index < -0.39 is 6.04 Å². The molecule has 2 aromatic carbocycles. The Bertz CT molecular complexity index is 742. The Morgan fingerprint density at radius 1 is 1.20 bits per heavy atom. The summed E-state index contributed by atoms with van der Waals surface area (Å²) in [5.41, 5.74) is 8.26. The summed E-state index contributed by atoms with van der Waals surface area (Å²) in [5.74, 6) is 0.573. The Hall–Kier alpha value is -2.86. The van der Waals surface area contributed by atoms with Crippen LogP contribution in [0.1, 0.15) is 31.0 Å². The Morgan fingerprint density at radius 3 is 2.44 bits per heavy atom. The van der Waals surface area contributed by atoms with Crippen LogP contribution in [0.3, 0.4) is 0 Å². The van der Waals surface area contributed by atoms with E-state index >= 15 is 0 Å². The second kappa shape index (κ2) is 8.30. The molecular formula is C19H24N4O2. The molecule has 0 saturated heterocycles. The van der Waals surface area contributed by atoms with Gasteiger partial charge in [-0.2, -0.15) is 0 Å². The van der Waals surface area contributed by atoms with E-state index in [1.165, 1.54) is 0 Å². The molecular weight excluding hydrogens is 316 g/mol. The van der Waals surface area contributed by atoms with Crippen molar-refractivity contribution in [2.24, 2.45) is 0 Å². The normalized spacial score (nSPS) is 11.8. The molecule has 0 aliphatic heterocycles.